The Morgan fingerprint density at radius 1 is 0.800 bits per heavy atom. The van der Waals surface area contributed by atoms with Crippen LogP contribution >= 0.6 is 0 Å². The molecule has 0 rings (SSSR count). The topological polar surface area (TPSA) is 126 Å². The van der Waals surface area contributed by atoms with E-state index in [9.17, 15) is 0 Å². The number of hydrogen-bond donors (Lipinski definition) is 0. The average Bonchev–Trinajstić information content (AvgIpc) is 1.25. The first-order chi connectivity index (χ1) is 3.46. The normalized spacial score (nSPS) is 4.80. The van der Waals surface area contributed by atoms with Gasteiger partial charge in [0, 0.05) is 0 Å². The summed E-state index contributed by atoms with van der Waals surface area (Å²) in [4.78, 5) is 16.7. The van der Waals surface area contributed by atoms with E-state index in [1.165, 1.54) is 0 Å². The molecule has 0 heterocycles. The fourth-order valence-corrected chi connectivity index (χ4v) is 0. The molecule has 0 fully saturated rings. The number of carbonyl (C=O) groups is 2. The van der Waals surface area contributed by atoms with E-state index in [0.717, 1.165) is 0 Å². The molecule has 10 heavy (non-hydrogen) atoms. The van der Waals surface area contributed by atoms with Crippen molar-refractivity contribution in [2.75, 3.05) is 0 Å². The van der Waals surface area contributed by atoms with Crippen molar-refractivity contribution in [1.29, 1.82) is 0 Å². The zero-order valence-electron chi connectivity index (χ0n) is 4.40. The molecule has 0 atom stereocenters. The van der Waals surface area contributed by atoms with E-state index >= 15 is 0 Å². The molecule has 0 aromatic carbocycles. The van der Waals surface area contributed by atoms with E-state index in [2.05, 4.69) is 0 Å². The third-order valence-corrected chi connectivity index (χ3v) is 0. The second kappa shape index (κ2) is 16.1. The van der Waals surface area contributed by atoms with Gasteiger partial charge in [0.15, 0.2) is 0 Å². The molecule has 1 radical (unpaired) electrons. The van der Waals surface area contributed by atoms with Crippen molar-refractivity contribution in [3.63, 3.8) is 0 Å². The quantitative estimate of drug-likeness (QED) is 0.439. The monoisotopic (exact) mass is 297 g/mol. The second-order valence-corrected chi connectivity index (χ2v) is 0.500. The third kappa shape index (κ3) is 9980. The summed E-state index contributed by atoms with van der Waals surface area (Å²) in [6, 6.07) is 0. The third-order valence-electron chi connectivity index (χ3n) is 0. The van der Waals surface area contributed by atoms with Gasteiger partial charge in [-0.3, -0.25) is 0 Å². The van der Waals surface area contributed by atoms with Crippen LogP contribution in [0.25, 0.3) is 0 Å². The number of carbonyl (C=O) groups excluding carboxylic acids is 2. The SMILES string of the molecule is O=C([O-])[O-].O=C([O-])[O-].[Ce+3].[ClH2+]. The van der Waals surface area contributed by atoms with Crippen LogP contribution < -0.4 is 20.4 Å². The minimum atomic E-state index is -2.33. The zero-order valence-corrected chi connectivity index (χ0v) is 8.43. The molecule has 0 N–H and O–H groups in total. The van der Waals surface area contributed by atoms with Crippen LogP contribution in [-0.4, -0.2) is 12.3 Å². The van der Waals surface area contributed by atoms with Crippen LogP contribution in [0.3, 0.4) is 0 Å². The minimum Gasteiger partial charge on any atom is -0.652 e. The molecule has 0 aliphatic carbocycles. The number of carboxylic acid groups (broad SMARTS) is 4. The van der Waals surface area contributed by atoms with Crippen LogP contribution in [0.15, 0.2) is 0 Å². The van der Waals surface area contributed by atoms with Gasteiger partial charge in [-0.1, -0.05) is 0 Å². The molecule has 0 aliphatic rings. The molecule has 0 aromatic rings. The Hall–Kier alpha value is 0.207. The number of rotatable bonds is 0. The molecular weight excluding hydrogens is 296 g/mol. The predicted molar refractivity (Wildman–Crippen MR) is 13.6 cm³/mol. The Balaban J connectivity index is -0.0000000300. The molecule has 0 bridgehead atoms. The van der Waals surface area contributed by atoms with Crippen molar-refractivity contribution in [2.45, 2.75) is 0 Å². The Bertz CT molecular complexity index is 73.7. The Morgan fingerprint density at radius 3 is 0.800 bits per heavy atom. The van der Waals surface area contributed by atoms with Crippen molar-refractivity contribution in [2.24, 2.45) is 0 Å². The van der Waals surface area contributed by atoms with Crippen molar-refractivity contribution < 1.29 is 84.2 Å². The summed E-state index contributed by atoms with van der Waals surface area (Å²) >= 11 is 0. The first kappa shape index (κ1) is 22.5. The Labute approximate surface area is 95.6 Å². The van der Waals surface area contributed by atoms with E-state index < -0.39 is 12.3 Å². The van der Waals surface area contributed by atoms with Gasteiger partial charge in [0.2, 0.25) is 0 Å². The van der Waals surface area contributed by atoms with Crippen LogP contribution in [0.2, 0.25) is 0 Å². The molecule has 0 unspecified atom stereocenters. The maximum atomic E-state index is 8.33. The molecule has 0 amide bonds. The Morgan fingerprint density at radius 2 is 0.800 bits per heavy atom. The first-order valence-electron chi connectivity index (χ1n) is 1.22. The van der Waals surface area contributed by atoms with E-state index in [-0.39, 0.29) is 54.2 Å². The average molecular weight is 298 g/mol. The van der Waals surface area contributed by atoms with Gasteiger partial charge in [-0.25, -0.2) is 0 Å². The molecular formula is C2H2CeClO6. The summed E-state index contributed by atoms with van der Waals surface area (Å²) in [7, 11) is 0. The minimum absolute atomic E-state index is 0. The Kier molecular flexibility index (Phi) is 36.1. The van der Waals surface area contributed by atoms with Gasteiger partial charge >= 0.3 is 41.7 Å². The van der Waals surface area contributed by atoms with Gasteiger partial charge in [0.25, 0.3) is 0 Å². The van der Waals surface area contributed by atoms with Gasteiger partial charge in [0.1, 0.15) is 0 Å². The predicted octanol–water partition coefficient (Wildman–Crippen LogP) is -5.43. The smallest absolute Gasteiger partial charge is 0.652 e. The maximum Gasteiger partial charge on any atom is 3.00 e. The summed E-state index contributed by atoms with van der Waals surface area (Å²) in [5, 5.41) is 33.3. The fraction of sp³-hybridized carbons (Fsp3) is 0. The number of halogens is 1. The van der Waals surface area contributed by atoms with Crippen molar-refractivity contribution in [3.05, 3.63) is 0 Å². The standard InChI is InChI=1S/2CH2O3.Ce.ClH2/c2*2-1(3)4;;/h2*(H2,2,3,4);;1H2/q;;+3;+1/p-4. The van der Waals surface area contributed by atoms with E-state index in [0.29, 0.717) is 0 Å². The van der Waals surface area contributed by atoms with Gasteiger partial charge in [-0.05, 0) is 12.3 Å². The van der Waals surface area contributed by atoms with Crippen LogP contribution in [0.1, 0.15) is 0 Å². The van der Waals surface area contributed by atoms with E-state index in [1.807, 2.05) is 0 Å². The second-order valence-electron chi connectivity index (χ2n) is 0.500. The van der Waals surface area contributed by atoms with Crippen LogP contribution in [0.5, 0.6) is 0 Å². The summed E-state index contributed by atoms with van der Waals surface area (Å²) in [6.07, 6.45) is -4.67. The van der Waals surface area contributed by atoms with Gasteiger partial charge in [-0.2, -0.15) is 0 Å². The van der Waals surface area contributed by atoms with Gasteiger partial charge in [0.05, 0.1) is 12.4 Å². The van der Waals surface area contributed by atoms with E-state index in [1.54, 1.807) is 0 Å². The molecule has 8 heteroatoms. The summed E-state index contributed by atoms with van der Waals surface area (Å²) in [5.74, 6) is 0. The first-order valence-corrected chi connectivity index (χ1v) is 1.22. The number of hydrogen-bond acceptors (Lipinski definition) is 6. The van der Waals surface area contributed by atoms with Crippen LogP contribution in [0, 0.1) is 54.2 Å². The van der Waals surface area contributed by atoms with Crippen molar-refractivity contribution >= 4 is 12.3 Å². The van der Waals surface area contributed by atoms with Crippen LogP contribution in [0.4, 0.5) is 9.59 Å². The van der Waals surface area contributed by atoms with Crippen molar-refractivity contribution in [1.82, 2.24) is 0 Å². The molecule has 0 aromatic heterocycles. The van der Waals surface area contributed by atoms with Crippen LogP contribution in [-0.2, 0) is 0 Å². The molecule has 6 nitrogen and oxygen atoms in total. The summed E-state index contributed by atoms with van der Waals surface area (Å²) in [5.41, 5.74) is 0. The summed E-state index contributed by atoms with van der Waals surface area (Å²) in [6.45, 7) is 0. The van der Waals surface area contributed by atoms with Gasteiger partial charge in [-0.15, -0.1) is 0 Å². The maximum absolute atomic E-state index is 8.33. The molecule has 0 saturated heterocycles. The molecule has 0 spiro atoms. The zero-order chi connectivity index (χ0) is 7.15. The van der Waals surface area contributed by atoms with Crippen molar-refractivity contribution in [3.8, 4) is 0 Å². The molecule has 57 valence electrons. The largest absolute Gasteiger partial charge is 3.00 e. The summed E-state index contributed by atoms with van der Waals surface area (Å²) < 4.78 is 0. The van der Waals surface area contributed by atoms with E-state index in [4.69, 9.17) is 30.0 Å². The molecule has 0 saturated carbocycles. The molecule has 0 aliphatic heterocycles. The fourth-order valence-electron chi connectivity index (χ4n) is 0. The van der Waals surface area contributed by atoms with Gasteiger partial charge < -0.3 is 30.0 Å².